The Balaban J connectivity index is 2.68. The number of rotatable bonds is 2. The minimum atomic E-state index is -1.04. The Morgan fingerprint density at radius 3 is 2.92 bits per heavy atom. The summed E-state index contributed by atoms with van der Waals surface area (Å²) in [5.74, 6) is -0.377. The van der Waals surface area contributed by atoms with Crippen LogP contribution in [0.5, 0.6) is 0 Å². The highest BCUT2D eigenvalue weighted by Gasteiger charge is 2.27. The molecule has 5 nitrogen and oxygen atoms in total. The number of nitriles is 1. The van der Waals surface area contributed by atoms with Crippen molar-refractivity contribution in [2.24, 2.45) is 5.41 Å². The lowest BCUT2D eigenvalue weighted by Crippen LogP contribution is -2.28. The first kappa shape index (κ1) is 9.26. The van der Waals surface area contributed by atoms with E-state index in [1.54, 1.807) is 0 Å². The van der Waals surface area contributed by atoms with Gasteiger partial charge in [0, 0.05) is 0 Å². The van der Waals surface area contributed by atoms with Crippen molar-refractivity contribution in [3.8, 4) is 6.07 Å². The molecule has 0 saturated heterocycles. The number of amides is 1. The number of carbonyl (C=O) groups is 1. The summed E-state index contributed by atoms with van der Waals surface area (Å²) in [5.41, 5.74) is -0.592. The Kier molecular flexibility index (Phi) is 2.33. The van der Waals surface area contributed by atoms with E-state index >= 15 is 0 Å². The molecular weight excluding hydrogens is 170 g/mol. The van der Waals surface area contributed by atoms with Crippen LogP contribution < -0.4 is 5.32 Å². The topological polar surface area (TPSA) is 78.9 Å². The van der Waals surface area contributed by atoms with Gasteiger partial charge in [-0.05, 0) is 13.8 Å². The highest BCUT2D eigenvalue weighted by Crippen LogP contribution is 2.16. The maximum Gasteiger partial charge on any atom is 0.244 e. The van der Waals surface area contributed by atoms with Crippen molar-refractivity contribution >= 4 is 11.6 Å². The molecule has 1 rings (SSSR count). The van der Waals surface area contributed by atoms with Gasteiger partial charge in [-0.2, -0.15) is 5.26 Å². The molecule has 5 heteroatoms. The van der Waals surface area contributed by atoms with Crippen molar-refractivity contribution in [3.63, 3.8) is 0 Å². The second-order valence-electron chi connectivity index (χ2n) is 3.10. The number of nitrogens with zero attached hydrogens (tertiary/aromatic N) is 2. The third kappa shape index (κ3) is 2.06. The van der Waals surface area contributed by atoms with Crippen LogP contribution in [0.2, 0.25) is 0 Å². The largest absolute Gasteiger partial charge is 0.363 e. The molecule has 1 aromatic rings. The molecule has 13 heavy (non-hydrogen) atoms. The van der Waals surface area contributed by atoms with Crippen molar-refractivity contribution in [1.29, 1.82) is 5.26 Å². The molecule has 0 radical (unpaired) electrons. The number of anilines is 1. The lowest BCUT2D eigenvalue weighted by atomic mass is 9.95. The summed E-state index contributed by atoms with van der Waals surface area (Å²) in [6.07, 6.45) is 2.66. The predicted molar refractivity (Wildman–Crippen MR) is 44.5 cm³/mol. The Morgan fingerprint density at radius 1 is 1.77 bits per heavy atom. The predicted octanol–water partition coefficient (Wildman–Crippen LogP) is 1.16. The van der Waals surface area contributed by atoms with E-state index in [4.69, 9.17) is 5.26 Å². The van der Waals surface area contributed by atoms with Crippen LogP contribution in [0.3, 0.4) is 0 Å². The summed E-state index contributed by atoms with van der Waals surface area (Å²) in [6, 6.07) is 1.89. The molecule has 0 aliphatic carbocycles. The molecule has 0 aliphatic heterocycles. The van der Waals surface area contributed by atoms with Gasteiger partial charge in [-0.15, -0.1) is 0 Å². The van der Waals surface area contributed by atoms with Crippen molar-refractivity contribution in [2.45, 2.75) is 13.8 Å². The molecule has 1 amide bonds. The summed E-state index contributed by atoms with van der Waals surface area (Å²) < 4.78 is 4.51. The molecule has 0 aliphatic rings. The molecule has 0 unspecified atom stereocenters. The minimum Gasteiger partial charge on any atom is -0.363 e. The fraction of sp³-hybridized carbons (Fsp3) is 0.375. The smallest absolute Gasteiger partial charge is 0.244 e. The highest BCUT2D eigenvalue weighted by molar-refractivity contribution is 5.96. The minimum absolute atomic E-state index is 0.377. The fourth-order valence-electron chi connectivity index (χ4n) is 0.605. The normalized spacial score (nSPS) is 10.5. The Bertz CT molecular complexity index is 335. The average molecular weight is 179 g/mol. The summed E-state index contributed by atoms with van der Waals surface area (Å²) >= 11 is 0. The van der Waals surface area contributed by atoms with E-state index in [1.165, 1.54) is 26.3 Å². The van der Waals surface area contributed by atoms with Gasteiger partial charge in [0.2, 0.25) is 5.91 Å². The fourth-order valence-corrected chi connectivity index (χ4v) is 0.605. The van der Waals surface area contributed by atoms with Gasteiger partial charge in [0.05, 0.1) is 12.3 Å². The molecule has 68 valence electrons. The molecule has 1 aromatic heterocycles. The first-order valence-corrected chi connectivity index (χ1v) is 3.68. The van der Waals surface area contributed by atoms with Crippen molar-refractivity contribution < 1.29 is 9.32 Å². The van der Waals surface area contributed by atoms with E-state index in [1.807, 2.05) is 6.07 Å². The van der Waals surface area contributed by atoms with E-state index in [-0.39, 0.29) is 5.91 Å². The van der Waals surface area contributed by atoms with E-state index in [0.29, 0.717) is 5.69 Å². The molecule has 0 spiro atoms. The molecular formula is C8H9N3O2. The van der Waals surface area contributed by atoms with Crippen LogP contribution in [0.15, 0.2) is 17.0 Å². The number of aromatic nitrogens is 1. The second kappa shape index (κ2) is 3.27. The molecule has 0 fully saturated rings. The molecule has 0 aromatic carbocycles. The molecule has 0 atom stereocenters. The zero-order chi connectivity index (χ0) is 9.90. The Morgan fingerprint density at radius 2 is 2.46 bits per heavy atom. The highest BCUT2D eigenvalue weighted by atomic mass is 16.5. The summed E-state index contributed by atoms with van der Waals surface area (Å²) in [4.78, 5) is 11.4. The number of hydrogen-bond donors (Lipinski definition) is 1. The van der Waals surface area contributed by atoms with Crippen LogP contribution in [-0.2, 0) is 4.79 Å². The standard InChI is InChI=1S/C8H9N3O2/c1-8(2,5-9)7(12)11-6-3-10-13-4-6/h3-4H,1-2H3,(H,11,12). The first-order chi connectivity index (χ1) is 6.06. The summed E-state index contributed by atoms with van der Waals surface area (Å²) in [7, 11) is 0. The van der Waals surface area contributed by atoms with Crippen LogP contribution in [0.25, 0.3) is 0 Å². The van der Waals surface area contributed by atoms with Gasteiger partial charge >= 0.3 is 0 Å². The van der Waals surface area contributed by atoms with Crippen molar-refractivity contribution in [3.05, 3.63) is 12.5 Å². The Labute approximate surface area is 75.3 Å². The lowest BCUT2D eigenvalue weighted by Gasteiger charge is -2.12. The second-order valence-corrected chi connectivity index (χ2v) is 3.10. The quantitative estimate of drug-likeness (QED) is 0.738. The van der Waals surface area contributed by atoms with Crippen molar-refractivity contribution in [1.82, 2.24) is 5.16 Å². The van der Waals surface area contributed by atoms with Crippen LogP contribution in [0, 0.1) is 16.7 Å². The number of carbonyl (C=O) groups excluding carboxylic acids is 1. The monoisotopic (exact) mass is 179 g/mol. The van der Waals surface area contributed by atoms with Crippen molar-refractivity contribution in [2.75, 3.05) is 5.32 Å². The van der Waals surface area contributed by atoms with Gasteiger partial charge in [-0.25, -0.2) is 0 Å². The third-order valence-electron chi connectivity index (χ3n) is 1.54. The summed E-state index contributed by atoms with van der Waals surface area (Å²) in [6.45, 7) is 3.08. The average Bonchev–Trinajstić information content (AvgIpc) is 2.57. The van der Waals surface area contributed by atoms with E-state index in [2.05, 4.69) is 15.0 Å². The summed E-state index contributed by atoms with van der Waals surface area (Å²) in [5, 5.41) is 14.5. The molecule has 1 N–H and O–H groups in total. The zero-order valence-corrected chi connectivity index (χ0v) is 7.37. The van der Waals surface area contributed by atoms with Gasteiger partial charge in [0.25, 0.3) is 0 Å². The van der Waals surface area contributed by atoms with Gasteiger partial charge < -0.3 is 9.84 Å². The maximum atomic E-state index is 11.4. The van der Waals surface area contributed by atoms with E-state index in [0.717, 1.165) is 0 Å². The molecule has 1 heterocycles. The molecule has 0 saturated carbocycles. The third-order valence-corrected chi connectivity index (χ3v) is 1.54. The lowest BCUT2D eigenvalue weighted by molar-refractivity contribution is -0.121. The van der Waals surface area contributed by atoms with Gasteiger partial charge in [-0.3, -0.25) is 4.79 Å². The number of nitrogens with one attached hydrogen (secondary N) is 1. The SMILES string of the molecule is CC(C)(C#N)C(=O)Nc1cnoc1. The van der Waals surface area contributed by atoms with Gasteiger partial charge in [0.1, 0.15) is 17.4 Å². The first-order valence-electron chi connectivity index (χ1n) is 3.68. The van der Waals surface area contributed by atoms with Gasteiger partial charge in [-0.1, -0.05) is 5.16 Å². The maximum absolute atomic E-state index is 11.4. The molecule has 0 bridgehead atoms. The zero-order valence-electron chi connectivity index (χ0n) is 7.37. The van der Waals surface area contributed by atoms with Crippen LogP contribution in [0.4, 0.5) is 5.69 Å². The number of hydrogen-bond acceptors (Lipinski definition) is 4. The van der Waals surface area contributed by atoms with E-state index in [9.17, 15) is 4.79 Å². The van der Waals surface area contributed by atoms with Crippen LogP contribution in [0.1, 0.15) is 13.8 Å². The van der Waals surface area contributed by atoms with Crippen LogP contribution >= 0.6 is 0 Å². The Hall–Kier alpha value is -1.83. The van der Waals surface area contributed by atoms with Gasteiger partial charge in [0.15, 0.2) is 0 Å². The van der Waals surface area contributed by atoms with E-state index < -0.39 is 5.41 Å². The van der Waals surface area contributed by atoms with Crippen LogP contribution in [-0.4, -0.2) is 11.1 Å².